The molecule has 0 spiro atoms. The monoisotopic (exact) mass is 357 g/mol. The summed E-state index contributed by atoms with van der Waals surface area (Å²) in [5.74, 6) is -0.187. The summed E-state index contributed by atoms with van der Waals surface area (Å²) in [6.07, 6.45) is 1.83. The molecular weight excluding hydrogens is 337 g/mol. The van der Waals surface area contributed by atoms with Crippen LogP contribution in [-0.2, 0) is 11.3 Å². The Morgan fingerprint density at radius 1 is 1.52 bits per heavy atom. The van der Waals surface area contributed by atoms with E-state index >= 15 is 0 Å². The van der Waals surface area contributed by atoms with E-state index in [9.17, 15) is 9.18 Å². The standard InChI is InChI=1S/C15H21BrFN3O/c16-13-4-1-5-14(17)12(13)10-20-8-2-3-11(9-20)15(21)19-7-6-18/h1,4-5,11H,2-3,6-10,18H2,(H,19,21). The zero-order valence-corrected chi connectivity index (χ0v) is 13.5. The fraction of sp³-hybridized carbons (Fsp3) is 0.533. The van der Waals surface area contributed by atoms with Gasteiger partial charge in [-0.05, 0) is 31.5 Å². The predicted molar refractivity (Wildman–Crippen MR) is 84.2 cm³/mol. The molecular formula is C15H21BrFN3O. The third-order valence-corrected chi connectivity index (χ3v) is 4.51. The molecule has 1 saturated heterocycles. The summed E-state index contributed by atoms with van der Waals surface area (Å²) in [4.78, 5) is 14.2. The summed E-state index contributed by atoms with van der Waals surface area (Å²) in [6, 6.07) is 4.99. The molecule has 1 aromatic carbocycles. The Hall–Kier alpha value is -0.980. The van der Waals surface area contributed by atoms with E-state index in [-0.39, 0.29) is 17.6 Å². The lowest BCUT2D eigenvalue weighted by atomic mass is 9.96. The van der Waals surface area contributed by atoms with Crippen molar-refractivity contribution < 1.29 is 9.18 Å². The van der Waals surface area contributed by atoms with Gasteiger partial charge in [-0.2, -0.15) is 0 Å². The molecule has 1 unspecified atom stereocenters. The van der Waals surface area contributed by atoms with Crippen LogP contribution in [0.4, 0.5) is 4.39 Å². The molecule has 1 atom stereocenters. The van der Waals surface area contributed by atoms with Gasteiger partial charge in [-0.3, -0.25) is 9.69 Å². The predicted octanol–water partition coefficient (Wildman–Crippen LogP) is 1.88. The fourth-order valence-electron chi connectivity index (χ4n) is 2.66. The van der Waals surface area contributed by atoms with Crippen molar-refractivity contribution in [1.82, 2.24) is 10.2 Å². The molecule has 0 aromatic heterocycles. The van der Waals surface area contributed by atoms with Crippen LogP contribution in [0.25, 0.3) is 0 Å². The second kappa shape index (κ2) is 7.87. The van der Waals surface area contributed by atoms with Crippen LogP contribution in [0.3, 0.4) is 0 Å². The molecule has 1 aliphatic rings. The highest BCUT2D eigenvalue weighted by atomic mass is 79.9. The van der Waals surface area contributed by atoms with E-state index in [1.165, 1.54) is 6.07 Å². The molecule has 0 saturated carbocycles. The zero-order valence-electron chi connectivity index (χ0n) is 11.9. The highest BCUT2D eigenvalue weighted by Gasteiger charge is 2.26. The number of nitrogens with one attached hydrogen (secondary N) is 1. The van der Waals surface area contributed by atoms with Crippen LogP contribution in [-0.4, -0.2) is 37.0 Å². The number of nitrogens with zero attached hydrogens (tertiary/aromatic N) is 1. The van der Waals surface area contributed by atoms with E-state index in [1.54, 1.807) is 6.07 Å². The molecule has 1 aromatic rings. The Morgan fingerprint density at radius 2 is 2.33 bits per heavy atom. The largest absolute Gasteiger partial charge is 0.355 e. The summed E-state index contributed by atoms with van der Waals surface area (Å²) in [5, 5.41) is 2.84. The van der Waals surface area contributed by atoms with E-state index in [0.717, 1.165) is 23.9 Å². The van der Waals surface area contributed by atoms with Gasteiger partial charge in [-0.25, -0.2) is 4.39 Å². The zero-order chi connectivity index (χ0) is 15.2. The van der Waals surface area contributed by atoms with Crippen molar-refractivity contribution in [3.63, 3.8) is 0 Å². The van der Waals surface area contributed by atoms with Gasteiger partial charge < -0.3 is 11.1 Å². The molecule has 1 heterocycles. The number of likely N-dealkylation sites (tertiary alicyclic amines) is 1. The maximum Gasteiger partial charge on any atom is 0.224 e. The van der Waals surface area contributed by atoms with E-state index in [2.05, 4.69) is 26.1 Å². The minimum Gasteiger partial charge on any atom is -0.355 e. The van der Waals surface area contributed by atoms with Gasteiger partial charge in [0.25, 0.3) is 0 Å². The first kappa shape index (κ1) is 16.4. The Bertz CT molecular complexity index is 478. The molecule has 4 nitrogen and oxygen atoms in total. The van der Waals surface area contributed by atoms with E-state index in [4.69, 9.17) is 5.73 Å². The van der Waals surface area contributed by atoms with Crippen molar-refractivity contribution in [2.75, 3.05) is 26.2 Å². The number of rotatable bonds is 5. The normalized spacial score (nSPS) is 19.5. The topological polar surface area (TPSA) is 58.4 Å². The van der Waals surface area contributed by atoms with Gasteiger partial charge in [0.2, 0.25) is 5.91 Å². The first-order valence-electron chi connectivity index (χ1n) is 7.25. The Balaban J connectivity index is 1.96. The van der Waals surface area contributed by atoms with Crippen molar-refractivity contribution in [2.45, 2.75) is 19.4 Å². The summed E-state index contributed by atoms with van der Waals surface area (Å²) >= 11 is 3.39. The maximum atomic E-state index is 13.9. The lowest BCUT2D eigenvalue weighted by Crippen LogP contribution is -2.43. The SMILES string of the molecule is NCCNC(=O)C1CCCN(Cc2c(F)cccc2Br)C1. The number of carbonyl (C=O) groups excluding carboxylic acids is 1. The maximum absolute atomic E-state index is 13.9. The molecule has 2 rings (SSSR count). The van der Waals surface area contributed by atoms with Crippen molar-refractivity contribution in [1.29, 1.82) is 0 Å². The van der Waals surface area contributed by atoms with Gasteiger partial charge in [0.05, 0.1) is 5.92 Å². The molecule has 0 bridgehead atoms. The first-order valence-corrected chi connectivity index (χ1v) is 8.04. The van der Waals surface area contributed by atoms with Crippen LogP contribution in [0.1, 0.15) is 18.4 Å². The lowest BCUT2D eigenvalue weighted by Gasteiger charge is -2.32. The third kappa shape index (κ3) is 4.49. The van der Waals surface area contributed by atoms with Crippen molar-refractivity contribution in [2.24, 2.45) is 11.7 Å². The molecule has 1 aliphatic heterocycles. The van der Waals surface area contributed by atoms with E-state index in [1.807, 2.05) is 6.07 Å². The molecule has 116 valence electrons. The summed E-state index contributed by atoms with van der Waals surface area (Å²) < 4.78 is 14.7. The second-order valence-electron chi connectivity index (χ2n) is 5.35. The quantitative estimate of drug-likeness (QED) is 0.845. The minimum absolute atomic E-state index is 0.0316. The summed E-state index contributed by atoms with van der Waals surface area (Å²) in [6.45, 7) is 3.03. The van der Waals surface area contributed by atoms with Gasteiger partial charge in [0, 0.05) is 36.2 Å². The second-order valence-corrected chi connectivity index (χ2v) is 6.21. The molecule has 0 radical (unpaired) electrons. The van der Waals surface area contributed by atoms with Crippen LogP contribution in [0.5, 0.6) is 0 Å². The van der Waals surface area contributed by atoms with Crippen molar-refractivity contribution in [3.05, 3.63) is 34.1 Å². The number of benzene rings is 1. The number of piperidine rings is 1. The average molecular weight is 358 g/mol. The van der Waals surface area contributed by atoms with Gasteiger partial charge in [-0.1, -0.05) is 22.0 Å². The van der Waals surface area contributed by atoms with Crippen LogP contribution in [0.15, 0.2) is 22.7 Å². The lowest BCUT2D eigenvalue weighted by molar-refractivity contribution is -0.126. The number of nitrogens with two attached hydrogens (primary N) is 1. The van der Waals surface area contributed by atoms with Gasteiger partial charge in [0.1, 0.15) is 5.82 Å². The molecule has 3 N–H and O–H groups in total. The molecule has 21 heavy (non-hydrogen) atoms. The van der Waals surface area contributed by atoms with Crippen LogP contribution in [0.2, 0.25) is 0 Å². The van der Waals surface area contributed by atoms with Crippen LogP contribution < -0.4 is 11.1 Å². The average Bonchev–Trinajstić information content (AvgIpc) is 2.49. The van der Waals surface area contributed by atoms with E-state index < -0.39 is 0 Å². The van der Waals surface area contributed by atoms with Crippen LogP contribution >= 0.6 is 15.9 Å². The van der Waals surface area contributed by atoms with Gasteiger partial charge in [-0.15, -0.1) is 0 Å². The smallest absolute Gasteiger partial charge is 0.224 e. The molecule has 6 heteroatoms. The highest BCUT2D eigenvalue weighted by molar-refractivity contribution is 9.10. The Labute approximate surface area is 133 Å². The first-order chi connectivity index (χ1) is 10.1. The third-order valence-electron chi connectivity index (χ3n) is 3.76. The molecule has 1 amide bonds. The van der Waals surface area contributed by atoms with Crippen molar-refractivity contribution in [3.8, 4) is 0 Å². The highest BCUT2D eigenvalue weighted by Crippen LogP contribution is 2.24. The minimum atomic E-state index is -0.209. The number of halogens is 2. The number of carbonyl (C=O) groups is 1. The summed E-state index contributed by atoms with van der Waals surface area (Å²) in [5.41, 5.74) is 6.05. The number of hydrogen-bond donors (Lipinski definition) is 2. The molecule has 1 fully saturated rings. The van der Waals surface area contributed by atoms with Gasteiger partial charge in [0.15, 0.2) is 0 Å². The van der Waals surface area contributed by atoms with Gasteiger partial charge >= 0.3 is 0 Å². The van der Waals surface area contributed by atoms with Crippen LogP contribution in [0, 0.1) is 11.7 Å². The number of hydrogen-bond acceptors (Lipinski definition) is 3. The van der Waals surface area contributed by atoms with E-state index in [0.29, 0.717) is 31.7 Å². The molecule has 0 aliphatic carbocycles. The number of amides is 1. The fourth-order valence-corrected chi connectivity index (χ4v) is 3.13. The summed E-state index contributed by atoms with van der Waals surface area (Å²) in [7, 11) is 0. The Kier molecular flexibility index (Phi) is 6.14. The Morgan fingerprint density at radius 3 is 3.05 bits per heavy atom. The van der Waals surface area contributed by atoms with Crippen molar-refractivity contribution >= 4 is 21.8 Å².